The van der Waals surface area contributed by atoms with Crippen LogP contribution in [0.2, 0.25) is 0 Å². The molecule has 1 aromatic carbocycles. The van der Waals surface area contributed by atoms with Crippen molar-refractivity contribution in [3.8, 4) is 0 Å². The SMILES string of the molecule is Cc1cc(N)cc(C(=O)NC2CCC(C)CC2C)c1. The topological polar surface area (TPSA) is 55.1 Å². The number of amides is 1. The van der Waals surface area contributed by atoms with Gasteiger partial charge in [-0.05, 0) is 61.8 Å². The van der Waals surface area contributed by atoms with Gasteiger partial charge in [0.1, 0.15) is 0 Å². The van der Waals surface area contributed by atoms with Gasteiger partial charge >= 0.3 is 0 Å². The van der Waals surface area contributed by atoms with Crippen LogP contribution in [0.25, 0.3) is 0 Å². The third-order valence-corrected chi connectivity index (χ3v) is 4.11. The summed E-state index contributed by atoms with van der Waals surface area (Å²) in [6.07, 6.45) is 3.47. The molecule has 2 rings (SSSR count). The highest BCUT2D eigenvalue weighted by Crippen LogP contribution is 2.28. The highest BCUT2D eigenvalue weighted by molar-refractivity contribution is 5.95. The van der Waals surface area contributed by atoms with Gasteiger partial charge in [0.2, 0.25) is 0 Å². The number of hydrogen-bond donors (Lipinski definition) is 2. The zero-order valence-electron chi connectivity index (χ0n) is 12.1. The minimum absolute atomic E-state index is 0.00167. The van der Waals surface area contributed by atoms with Crippen LogP contribution in [0.4, 0.5) is 5.69 Å². The van der Waals surface area contributed by atoms with Gasteiger partial charge in [-0.3, -0.25) is 4.79 Å². The summed E-state index contributed by atoms with van der Waals surface area (Å²) in [5, 5.41) is 3.17. The van der Waals surface area contributed by atoms with Crippen molar-refractivity contribution in [2.24, 2.45) is 11.8 Å². The molecule has 3 N–H and O–H groups in total. The summed E-state index contributed by atoms with van der Waals surface area (Å²) in [5.74, 6) is 1.33. The Kier molecular flexibility index (Phi) is 4.13. The Bertz CT molecular complexity index is 450. The standard InChI is InChI=1S/C16H24N2O/c1-10-4-5-15(12(3)6-10)18-16(19)13-7-11(2)8-14(17)9-13/h7-10,12,15H,4-6,17H2,1-3H3,(H,18,19). The van der Waals surface area contributed by atoms with Gasteiger partial charge in [-0.25, -0.2) is 0 Å². The van der Waals surface area contributed by atoms with E-state index in [1.54, 1.807) is 6.07 Å². The Morgan fingerprint density at radius 3 is 2.63 bits per heavy atom. The van der Waals surface area contributed by atoms with E-state index in [0.29, 0.717) is 23.2 Å². The first-order chi connectivity index (χ1) is 8.95. The summed E-state index contributed by atoms with van der Waals surface area (Å²) in [6.45, 7) is 6.47. The average Bonchev–Trinajstić information content (AvgIpc) is 2.31. The van der Waals surface area contributed by atoms with Crippen LogP contribution in [-0.2, 0) is 0 Å². The van der Waals surface area contributed by atoms with Gasteiger partial charge in [0.25, 0.3) is 5.91 Å². The van der Waals surface area contributed by atoms with Crippen molar-refractivity contribution in [3.05, 3.63) is 29.3 Å². The second-order valence-electron chi connectivity index (χ2n) is 6.11. The number of anilines is 1. The fraction of sp³-hybridized carbons (Fsp3) is 0.562. The zero-order chi connectivity index (χ0) is 14.0. The predicted molar refractivity (Wildman–Crippen MR) is 79.0 cm³/mol. The molecule has 3 nitrogen and oxygen atoms in total. The smallest absolute Gasteiger partial charge is 0.251 e. The summed E-state index contributed by atoms with van der Waals surface area (Å²) < 4.78 is 0. The molecule has 1 amide bonds. The van der Waals surface area contributed by atoms with E-state index in [-0.39, 0.29) is 5.91 Å². The Morgan fingerprint density at radius 1 is 1.26 bits per heavy atom. The predicted octanol–water partition coefficient (Wildman–Crippen LogP) is 3.13. The van der Waals surface area contributed by atoms with Crippen LogP contribution in [0, 0.1) is 18.8 Å². The van der Waals surface area contributed by atoms with E-state index in [1.807, 2.05) is 19.1 Å². The molecule has 0 aromatic heterocycles. The van der Waals surface area contributed by atoms with Crippen molar-refractivity contribution < 1.29 is 4.79 Å². The molecule has 1 fully saturated rings. The zero-order valence-corrected chi connectivity index (χ0v) is 12.1. The summed E-state index contributed by atoms with van der Waals surface area (Å²) in [6, 6.07) is 5.81. The van der Waals surface area contributed by atoms with Crippen molar-refractivity contribution in [3.63, 3.8) is 0 Å². The second-order valence-corrected chi connectivity index (χ2v) is 6.11. The molecule has 3 unspecified atom stereocenters. The molecule has 0 aliphatic heterocycles. The van der Waals surface area contributed by atoms with Crippen LogP contribution in [0.15, 0.2) is 18.2 Å². The average molecular weight is 260 g/mol. The third kappa shape index (κ3) is 3.49. The molecule has 0 bridgehead atoms. The van der Waals surface area contributed by atoms with Crippen LogP contribution in [0.5, 0.6) is 0 Å². The molecule has 0 heterocycles. The number of carbonyl (C=O) groups is 1. The molecule has 1 saturated carbocycles. The van der Waals surface area contributed by atoms with E-state index >= 15 is 0 Å². The first-order valence-electron chi connectivity index (χ1n) is 7.13. The Morgan fingerprint density at radius 2 is 2.00 bits per heavy atom. The lowest BCUT2D eigenvalue weighted by molar-refractivity contribution is 0.0899. The second kappa shape index (κ2) is 5.64. The minimum Gasteiger partial charge on any atom is -0.399 e. The maximum absolute atomic E-state index is 12.3. The number of benzene rings is 1. The molecule has 104 valence electrons. The van der Waals surface area contributed by atoms with Crippen LogP contribution < -0.4 is 11.1 Å². The van der Waals surface area contributed by atoms with E-state index in [1.165, 1.54) is 12.8 Å². The molecule has 1 aliphatic rings. The quantitative estimate of drug-likeness (QED) is 0.803. The first kappa shape index (κ1) is 13.9. The molecule has 3 atom stereocenters. The molecular formula is C16H24N2O. The Balaban J connectivity index is 2.04. The van der Waals surface area contributed by atoms with Gasteiger partial charge < -0.3 is 11.1 Å². The van der Waals surface area contributed by atoms with E-state index in [0.717, 1.165) is 17.9 Å². The van der Waals surface area contributed by atoms with Gasteiger partial charge in [0.05, 0.1) is 0 Å². The molecule has 1 aromatic rings. The molecular weight excluding hydrogens is 236 g/mol. The monoisotopic (exact) mass is 260 g/mol. The summed E-state index contributed by atoms with van der Waals surface area (Å²) >= 11 is 0. The maximum atomic E-state index is 12.3. The Hall–Kier alpha value is -1.51. The van der Waals surface area contributed by atoms with E-state index in [9.17, 15) is 4.79 Å². The van der Waals surface area contributed by atoms with Crippen molar-refractivity contribution in [2.45, 2.75) is 46.1 Å². The van der Waals surface area contributed by atoms with Crippen LogP contribution in [0.3, 0.4) is 0 Å². The van der Waals surface area contributed by atoms with Crippen LogP contribution in [-0.4, -0.2) is 11.9 Å². The largest absolute Gasteiger partial charge is 0.399 e. The van der Waals surface area contributed by atoms with Crippen molar-refractivity contribution >= 4 is 11.6 Å². The molecule has 0 radical (unpaired) electrons. The number of nitrogens with one attached hydrogen (secondary N) is 1. The van der Waals surface area contributed by atoms with Crippen LogP contribution >= 0.6 is 0 Å². The number of hydrogen-bond acceptors (Lipinski definition) is 2. The number of carbonyl (C=O) groups excluding carboxylic acids is 1. The summed E-state index contributed by atoms with van der Waals surface area (Å²) in [5.41, 5.74) is 8.14. The fourth-order valence-electron chi connectivity index (χ4n) is 3.08. The van der Waals surface area contributed by atoms with Gasteiger partial charge in [0, 0.05) is 17.3 Å². The highest BCUT2D eigenvalue weighted by Gasteiger charge is 2.26. The van der Waals surface area contributed by atoms with Crippen molar-refractivity contribution in [2.75, 3.05) is 5.73 Å². The van der Waals surface area contributed by atoms with Crippen molar-refractivity contribution in [1.82, 2.24) is 5.32 Å². The van der Waals surface area contributed by atoms with E-state index in [2.05, 4.69) is 19.2 Å². The van der Waals surface area contributed by atoms with E-state index in [4.69, 9.17) is 5.73 Å². The van der Waals surface area contributed by atoms with Gasteiger partial charge in [0.15, 0.2) is 0 Å². The molecule has 0 saturated heterocycles. The lowest BCUT2D eigenvalue weighted by Crippen LogP contribution is -2.42. The summed E-state index contributed by atoms with van der Waals surface area (Å²) in [4.78, 5) is 12.3. The maximum Gasteiger partial charge on any atom is 0.251 e. The first-order valence-corrected chi connectivity index (χ1v) is 7.13. The number of nitrogen functional groups attached to an aromatic ring is 1. The highest BCUT2D eigenvalue weighted by atomic mass is 16.1. The lowest BCUT2D eigenvalue weighted by Gasteiger charge is -2.33. The Labute approximate surface area is 115 Å². The number of aryl methyl sites for hydroxylation is 1. The van der Waals surface area contributed by atoms with Gasteiger partial charge in [-0.15, -0.1) is 0 Å². The van der Waals surface area contributed by atoms with Gasteiger partial charge in [-0.2, -0.15) is 0 Å². The molecule has 1 aliphatic carbocycles. The molecule has 19 heavy (non-hydrogen) atoms. The van der Waals surface area contributed by atoms with Crippen molar-refractivity contribution in [1.29, 1.82) is 0 Å². The van der Waals surface area contributed by atoms with Gasteiger partial charge in [-0.1, -0.05) is 13.8 Å². The van der Waals surface area contributed by atoms with E-state index < -0.39 is 0 Å². The third-order valence-electron chi connectivity index (χ3n) is 4.11. The number of nitrogens with two attached hydrogens (primary N) is 1. The molecule has 3 heteroatoms. The molecule has 0 spiro atoms. The van der Waals surface area contributed by atoms with Crippen LogP contribution in [0.1, 0.15) is 49.0 Å². The normalized spacial score (nSPS) is 27.0. The minimum atomic E-state index is 0.00167. The number of rotatable bonds is 2. The summed E-state index contributed by atoms with van der Waals surface area (Å²) in [7, 11) is 0. The lowest BCUT2D eigenvalue weighted by atomic mass is 9.80. The fourth-order valence-corrected chi connectivity index (χ4v) is 3.08.